The Morgan fingerprint density at radius 1 is 1.56 bits per heavy atom. The molecule has 16 heavy (non-hydrogen) atoms. The van der Waals surface area contributed by atoms with Gasteiger partial charge in [0.1, 0.15) is 4.75 Å². The smallest absolute Gasteiger partial charge is 0.319 e. The Hall–Kier alpha value is -0.890. The van der Waals surface area contributed by atoms with E-state index in [1.165, 1.54) is 0 Å². The third kappa shape index (κ3) is 2.62. The molecule has 0 radical (unpaired) electrons. The number of carbonyl (C=O) groups is 1. The van der Waals surface area contributed by atoms with Crippen molar-refractivity contribution in [2.24, 2.45) is 0 Å². The van der Waals surface area contributed by atoms with Gasteiger partial charge in [-0.2, -0.15) is 5.26 Å². The van der Waals surface area contributed by atoms with E-state index in [1.807, 2.05) is 25.1 Å². The fourth-order valence-electron chi connectivity index (χ4n) is 1.80. The molecule has 0 aliphatic carbocycles. The lowest BCUT2D eigenvalue weighted by Crippen LogP contribution is -2.48. The van der Waals surface area contributed by atoms with Crippen LogP contribution in [-0.4, -0.2) is 53.5 Å². The first-order valence-electron chi connectivity index (χ1n) is 5.55. The molecule has 1 aliphatic heterocycles. The van der Waals surface area contributed by atoms with E-state index in [4.69, 9.17) is 5.26 Å². The van der Waals surface area contributed by atoms with Gasteiger partial charge in [0.05, 0.1) is 6.07 Å². The fourth-order valence-corrected chi connectivity index (χ4v) is 2.48. The van der Waals surface area contributed by atoms with Crippen molar-refractivity contribution < 1.29 is 4.79 Å². The van der Waals surface area contributed by atoms with Crippen molar-refractivity contribution in [3.8, 4) is 6.07 Å². The first kappa shape index (κ1) is 13.2. The van der Waals surface area contributed by atoms with Gasteiger partial charge in [-0.3, -0.25) is 0 Å². The van der Waals surface area contributed by atoms with Gasteiger partial charge in [0.25, 0.3) is 0 Å². The van der Waals surface area contributed by atoms with Crippen molar-refractivity contribution in [2.45, 2.75) is 24.5 Å². The second-order valence-electron chi connectivity index (χ2n) is 4.09. The average molecular weight is 241 g/mol. The summed E-state index contributed by atoms with van der Waals surface area (Å²) in [4.78, 5) is 15.4. The van der Waals surface area contributed by atoms with E-state index in [0.717, 1.165) is 19.4 Å². The second kappa shape index (κ2) is 5.44. The second-order valence-corrected chi connectivity index (χ2v) is 5.28. The highest BCUT2D eigenvalue weighted by Gasteiger charge is 2.35. The lowest BCUT2D eigenvalue weighted by molar-refractivity contribution is 0.152. The van der Waals surface area contributed by atoms with Crippen LogP contribution in [0.2, 0.25) is 0 Å². The van der Waals surface area contributed by atoms with Crippen LogP contribution in [-0.2, 0) is 0 Å². The van der Waals surface area contributed by atoms with Crippen LogP contribution in [0.1, 0.15) is 19.8 Å². The Morgan fingerprint density at radius 3 is 2.50 bits per heavy atom. The topological polar surface area (TPSA) is 47.3 Å². The fraction of sp³-hybridized carbons (Fsp3) is 0.818. The van der Waals surface area contributed by atoms with Gasteiger partial charge in [-0.25, -0.2) is 4.79 Å². The van der Waals surface area contributed by atoms with Gasteiger partial charge >= 0.3 is 6.03 Å². The van der Waals surface area contributed by atoms with Gasteiger partial charge in [0, 0.05) is 26.7 Å². The predicted octanol–water partition coefficient (Wildman–Crippen LogP) is 1.78. The quantitative estimate of drug-likeness (QED) is 0.740. The molecule has 1 aliphatic rings. The average Bonchev–Trinajstić information content (AvgIpc) is 2.37. The molecular formula is C11H19N3OS. The van der Waals surface area contributed by atoms with Gasteiger partial charge in [-0.15, -0.1) is 11.8 Å². The van der Waals surface area contributed by atoms with Crippen LogP contribution in [0.3, 0.4) is 0 Å². The number of urea groups is 1. The van der Waals surface area contributed by atoms with Crippen molar-refractivity contribution in [3.05, 3.63) is 0 Å². The van der Waals surface area contributed by atoms with Crippen molar-refractivity contribution in [2.75, 3.05) is 32.9 Å². The van der Waals surface area contributed by atoms with Gasteiger partial charge < -0.3 is 9.80 Å². The maximum Gasteiger partial charge on any atom is 0.319 e. The van der Waals surface area contributed by atoms with Crippen molar-refractivity contribution in [1.82, 2.24) is 9.80 Å². The van der Waals surface area contributed by atoms with Crippen LogP contribution in [0.25, 0.3) is 0 Å². The van der Waals surface area contributed by atoms with Crippen LogP contribution in [0.4, 0.5) is 4.79 Å². The lowest BCUT2D eigenvalue weighted by Gasteiger charge is -2.37. The molecule has 0 aromatic carbocycles. The minimum Gasteiger partial charge on any atom is -0.328 e. The zero-order chi connectivity index (χ0) is 12.2. The first-order valence-corrected chi connectivity index (χ1v) is 6.77. The Labute approximate surface area is 102 Å². The number of piperidine rings is 1. The summed E-state index contributed by atoms with van der Waals surface area (Å²) in [5.74, 6) is 0. The zero-order valence-electron chi connectivity index (χ0n) is 10.2. The highest BCUT2D eigenvalue weighted by molar-refractivity contribution is 8.00. The van der Waals surface area contributed by atoms with E-state index in [1.54, 1.807) is 16.7 Å². The lowest BCUT2D eigenvalue weighted by atomic mass is 9.97. The SMILES string of the molecule is CCN(C)C(=O)N1CCC(C#N)(SC)CC1. The van der Waals surface area contributed by atoms with E-state index in [0.29, 0.717) is 13.1 Å². The van der Waals surface area contributed by atoms with E-state index in [2.05, 4.69) is 6.07 Å². The maximum absolute atomic E-state index is 11.9. The molecule has 0 unspecified atom stereocenters. The minimum atomic E-state index is -0.276. The summed E-state index contributed by atoms with van der Waals surface area (Å²) in [7, 11) is 1.81. The van der Waals surface area contributed by atoms with Crippen molar-refractivity contribution in [3.63, 3.8) is 0 Å². The maximum atomic E-state index is 11.9. The third-order valence-corrected chi connectivity index (χ3v) is 4.52. The summed E-state index contributed by atoms with van der Waals surface area (Å²) in [6.07, 6.45) is 3.51. The Balaban J connectivity index is 2.56. The summed E-state index contributed by atoms with van der Waals surface area (Å²) in [5.41, 5.74) is 0. The summed E-state index contributed by atoms with van der Waals surface area (Å²) in [6.45, 7) is 4.07. The summed E-state index contributed by atoms with van der Waals surface area (Å²) >= 11 is 1.61. The number of hydrogen-bond acceptors (Lipinski definition) is 3. The summed E-state index contributed by atoms with van der Waals surface area (Å²) in [5, 5.41) is 9.14. The van der Waals surface area contributed by atoms with Gasteiger partial charge in [0.15, 0.2) is 0 Å². The molecule has 0 bridgehead atoms. The highest BCUT2D eigenvalue weighted by Crippen LogP contribution is 2.33. The van der Waals surface area contributed by atoms with Crippen LogP contribution in [0.15, 0.2) is 0 Å². The third-order valence-electron chi connectivity index (χ3n) is 3.24. The molecule has 0 aromatic rings. The first-order chi connectivity index (χ1) is 7.58. The Bertz CT molecular complexity index is 292. The number of nitrogens with zero attached hydrogens (tertiary/aromatic N) is 3. The molecule has 1 rings (SSSR count). The molecule has 90 valence electrons. The Morgan fingerprint density at radius 2 is 2.12 bits per heavy atom. The zero-order valence-corrected chi connectivity index (χ0v) is 11.0. The molecule has 0 N–H and O–H groups in total. The highest BCUT2D eigenvalue weighted by atomic mass is 32.2. The Kier molecular flexibility index (Phi) is 4.48. The molecule has 1 fully saturated rings. The van der Waals surface area contributed by atoms with E-state index in [9.17, 15) is 4.79 Å². The van der Waals surface area contributed by atoms with Gasteiger partial charge in [0.2, 0.25) is 0 Å². The number of likely N-dealkylation sites (tertiary alicyclic amines) is 1. The molecule has 1 heterocycles. The molecule has 0 saturated carbocycles. The molecular weight excluding hydrogens is 222 g/mol. The van der Waals surface area contributed by atoms with Crippen LogP contribution in [0, 0.1) is 11.3 Å². The standard InChI is InChI=1S/C11H19N3OS/c1-4-13(2)10(15)14-7-5-11(9-12,16-3)6-8-14/h4-8H2,1-3H3. The molecule has 0 spiro atoms. The summed E-state index contributed by atoms with van der Waals surface area (Å²) < 4.78 is -0.276. The molecule has 0 aromatic heterocycles. The molecule has 2 amide bonds. The number of carbonyl (C=O) groups excluding carboxylic acids is 1. The monoisotopic (exact) mass is 241 g/mol. The molecule has 1 saturated heterocycles. The molecule has 4 nitrogen and oxygen atoms in total. The van der Waals surface area contributed by atoms with Crippen LogP contribution in [0.5, 0.6) is 0 Å². The van der Waals surface area contributed by atoms with E-state index >= 15 is 0 Å². The minimum absolute atomic E-state index is 0.0788. The number of thioether (sulfide) groups is 1. The van der Waals surface area contributed by atoms with E-state index < -0.39 is 0 Å². The van der Waals surface area contributed by atoms with E-state index in [-0.39, 0.29) is 10.8 Å². The molecule has 5 heteroatoms. The number of amides is 2. The van der Waals surface area contributed by atoms with Gasteiger partial charge in [-0.05, 0) is 26.0 Å². The van der Waals surface area contributed by atoms with Crippen molar-refractivity contribution in [1.29, 1.82) is 5.26 Å². The number of hydrogen-bond donors (Lipinski definition) is 0. The van der Waals surface area contributed by atoms with Gasteiger partial charge in [-0.1, -0.05) is 0 Å². The van der Waals surface area contributed by atoms with Crippen LogP contribution >= 0.6 is 11.8 Å². The van der Waals surface area contributed by atoms with Crippen LogP contribution < -0.4 is 0 Å². The van der Waals surface area contributed by atoms with Crippen molar-refractivity contribution >= 4 is 17.8 Å². The largest absolute Gasteiger partial charge is 0.328 e. The normalized spacial score (nSPS) is 19.0. The summed E-state index contributed by atoms with van der Waals surface area (Å²) in [6, 6.07) is 2.46. The number of rotatable bonds is 2. The number of nitriles is 1. The predicted molar refractivity (Wildman–Crippen MR) is 66.4 cm³/mol. The molecule has 0 atom stereocenters.